The Bertz CT molecular complexity index is 705. The average Bonchev–Trinajstić information content (AvgIpc) is 2.84. The standard InChI is InChI=1S/C27H49N3O4.2ClH/c1-7-27(5,8-2)30-19-24(31)23(28)17-21(20(3)4)18-29-26(32)22-13-9-10-14-25(22)34-16-12-11-15-33-6;;/h9-10,13-14,20-21,23-24,30-31H,7-8,11-12,15-19,28H2,1-6H3,(H,29,32);2*1H. The average molecular weight is 553 g/mol. The van der Waals surface area contributed by atoms with Crippen LogP contribution in [0, 0.1) is 11.8 Å². The summed E-state index contributed by atoms with van der Waals surface area (Å²) in [5.74, 6) is 0.900. The molecule has 3 atom stereocenters. The zero-order valence-corrected chi connectivity index (χ0v) is 24.7. The molecule has 212 valence electrons. The first-order valence-electron chi connectivity index (χ1n) is 12.8. The number of halogens is 2. The Morgan fingerprint density at radius 1 is 1.08 bits per heavy atom. The Balaban J connectivity index is 0. The van der Waals surface area contributed by atoms with Crippen LogP contribution in [-0.4, -0.2) is 62.1 Å². The first-order chi connectivity index (χ1) is 16.2. The van der Waals surface area contributed by atoms with E-state index in [-0.39, 0.29) is 48.2 Å². The zero-order valence-electron chi connectivity index (χ0n) is 23.0. The topological polar surface area (TPSA) is 106 Å². The van der Waals surface area contributed by atoms with Gasteiger partial charge in [0.15, 0.2) is 0 Å². The molecule has 1 aromatic carbocycles. The molecule has 0 saturated heterocycles. The summed E-state index contributed by atoms with van der Waals surface area (Å²) < 4.78 is 10.9. The second-order valence-corrected chi connectivity index (χ2v) is 9.87. The van der Waals surface area contributed by atoms with E-state index in [1.165, 1.54) is 0 Å². The second kappa shape index (κ2) is 19.9. The van der Waals surface area contributed by atoms with Gasteiger partial charge in [-0.2, -0.15) is 0 Å². The summed E-state index contributed by atoms with van der Waals surface area (Å²) in [6, 6.07) is 6.95. The number of unbranched alkanes of at least 4 members (excludes halogenated alkanes) is 1. The van der Waals surface area contributed by atoms with Crippen LogP contribution in [0.5, 0.6) is 5.75 Å². The van der Waals surface area contributed by atoms with Crippen molar-refractivity contribution in [1.29, 1.82) is 0 Å². The maximum absolute atomic E-state index is 12.9. The van der Waals surface area contributed by atoms with Crippen LogP contribution in [0.15, 0.2) is 24.3 Å². The van der Waals surface area contributed by atoms with Crippen molar-refractivity contribution in [3.8, 4) is 5.75 Å². The number of para-hydroxylation sites is 1. The van der Waals surface area contributed by atoms with Gasteiger partial charge in [-0.25, -0.2) is 0 Å². The molecule has 0 fully saturated rings. The van der Waals surface area contributed by atoms with E-state index in [0.29, 0.717) is 50.0 Å². The van der Waals surface area contributed by atoms with Crippen LogP contribution >= 0.6 is 24.8 Å². The second-order valence-electron chi connectivity index (χ2n) is 9.87. The highest BCUT2D eigenvalue weighted by Gasteiger charge is 2.26. The van der Waals surface area contributed by atoms with Crippen molar-refractivity contribution in [1.82, 2.24) is 10.6 Å². The van der Waals surface area contributed by atoms with Gasteiger partial charge < -0.3 is 30.9 Å². The summed E-state index contributed by atoms with van der Waals surface area (Å²) in [7, 11) is 1.68. The van der Waals surface area contributed by atoms with E-state index in [0.717, 1.165) is 25.7 Å². The highest BCUT2D eigenvalue weighted by molar-refractivity contribution is 5.96. The molecule has 7 nitrogen and oxygen atoms in total. The quantitative estimate of drug-likeness (QED) is 0.199. The number of carbonyl (C=O) groups excluding carboxylic acids is 1. The van der Waals surface area contributed by atoms with Crippen molar-refractivity contribution in [3.63, 3.8) is 0 Å². The third-order valence-electron chi connectivity index (χ3n) is 6.97. The van der Waals surface area contributed by atoms with E-state index in [9.17, 15) is 9.90 Å². The molecule has 5 N–H and O–H groups in total. The fourth-order valence-corrected chi connectivity index (χ4v) is 3.73. The summed E-state index contributed by atoms with van der Waals surface area (Å²) in [4.78, 5) is 12.9. The van der Waals surface area contributed by atoms with E-state index in [4.69, 9.17) is 15.2 Å². The van der Waals surface area contributed by atoms with Gasteiger partial charge in [-0.05, 0) is 63.0 Å². The molecule has 3 unspecified atom stereocenters. The molecule has 0 saturated carbocycles. The maximum Gasteiger partial charge on any atom is 0.255 e. The number of hydrogen-bond donors (Lipinski definition) is 4. The maximum atomic E-state index is 12.9. The van der Waals surface area contributed by atoms with E-state index in [2.05, 4.69) is 45.3 Å². The van der Waals surface area contributed by atoms with Gasteiger partial charge in [0.25, 0.3) is 5.91 Å². The Morgan fingerprint density at radius 3 is 2.28 bits per heavy atom. The summed E-state index contributed by atoms with van der Waals surface area (Å²) in [6.07, 6.45) is 3.76. The number of ether oxygens (including phenoxy) is 2. The zero-order chi connectivity index (χ0) is 25.6. The summed E-state index contributed by atoms with van der Waals surface area (Å²) >= 11 is 0. The SMILES string of the molecule is CCC(C)(CC)NCC(O)C(N)CC(CNC(=O)c1ccccc1OCCCCOC)C(C)C.Cl.Cl. The molecule has 0 aliphatic carbocycles. The van der Waals surface area contributed by atoms with Crippen molar-refractivity contribution in [3.05, 3.63) is 29.8 Å². The number of rotatable bonds is 18. The largest absolute Gasteiger partial charge is 0.493 e. The predicted molar refractivity (Wildman–Crippen MR) is 154 cm³/mol. The monoisotopic (exact) mass is 551 g/mol. The van der Waals surface area contributed by atoms with Crippen LogP contribution in [0.2, 0.25) is 0 Å². The lowest BCUT2D eigenvalue weighted by atomic mass is 9.87. The number of amides is 1. The van der Waals surface area contributed by atoms with Gasteiger partial charge in [-0.15, -0.1) is 24.8 Å². The third-order valence-corrected chi connectivity index (χ3v) is 6.97. The number of carbonyl (C=O) groups is 1. The van der Waals surface area contributed by atoms with Crippen molar-refractivity contribution >= 4 is 30.7 Å². The fourth-order valence-electron chi connectivity index (χ4n) is 3.73. The predicted octanol–water partition coefficient (Wildman–Crippen LogP) is 4.58. The minimum Gasteiger partial charge on any atom is -0.493 e. The molecule has 0 radical (unpaired) electrons. The number of β-amino-alcohol motifs (C(OH)–C–C–N with tert-alkyl or cyclic N) is 1. The van der Waals surface area contributed by atoms with Crippen LogP contribution in [0.25, 0.3) is 0 Å². The Hall–Kier alpha value is -1.09. The number of nitrogens with two attached hydrogens (primary N) is 1. The van der Waals surface area contributed by atoms with Gasteiger partial charge in [0.2, 0.25) is 0 Å². The Kier molecular flexibility index (Phi) is 20.5. The molecule has 1 aromatic rings. The van der Waals surface area contributed by atoms with Gasteiger partial charge >= 0.3 is 0 Å². The van der Waals surface area contributed by atoms with E-state index in [1.54, 1.807) is 13.2 Å². The number of hydrogen-bond acceptors (Lipinski definition) is 6. The molecular formula is C27H51Cl2N3O4. The number of aliphatic hydroxyl groups is 1. The van der Waals surface area contributed by atoms with Crippen molar-refractivity contribution in [2.24, 2.45) is 17.6 Å². The van der Waals surface area contributed by atoms with Crippen LogP contribution in [0.3, 0.4) is 0 Å². The van der Waals surface area contributed by atoms with Gasteiger partial charge in [0.05, 0.1) is 18.3 Å². The first kappa shape index (κ1) is 37.1. The number of methoxy groups -OCH3 is 1. The molecule has 0 spiro atoms. The van der Waals surface area contributed by atoms with Crippen molar-refractivity contribution in [2.45, 2.75) is 84.4 Å². The fraction of sp³-hybridized carbons (Fsp3) is 0.741. The van der Waals surface area contributed by atoms with Gasteiger partial charge in [-0.3, -0.25) is 4.79 Å². The van der Waals surface area contributed by atoms with Crippen LogP contribution in [-0.2, 0) is 4.74 Å². The van der Waals surface area contributed by atoms with E-state index in [1.807, 2.05) is 18.2 Å². The Morgan fingerprint density at radius 2 is 1.69 bits per heavy atom. The van der Waals surface area contributed by atoms with Gasteiger partial charge in [0, 0.05) is 38.4 Å². The van der Waals surface area contributed by atoms with Gasteiger partial charge in [-0.1, -0.05) is 39.8 Å². The summed E-state index contributed by atoms with van der Waals surface area (Å²) in [5.41, 5.74) is 6.90. The van der Waals surface area contributed by atoms with Crippen molar-refractivity contribution in [2.75, 3.05) is 33.4 Å². The van der Waals surface area contributed by atoms with Gasteiger partial charge in [0.1, 0.15) is 5.75 Å². The minimum atomic E-state index is -0.637. The summed E-state index contributed by atoms with van der Waals surface area (Å²) in [5, 5.41) is 17.2. The van der Waals surface area contributed by atoms with Crippen LogP contribution < -0.4 is 21.1 Å². The summed E-state index contributed by atoms with van der Waals surface area (Å²) in [6.45, 7) is 12.9. The normalized spacial score (nSPS) is 13.8. The molecule has 9 heteroatoms. The first-order valence-corrected chi connectivity index (χ1v) is 12.8. The number of benzene rings is 1. The molecule has 0 heterocycles. The minimum absolute atomic E-state index is 0. The van der Waals surface area contributed by atoms with Crippen LogP contribution in [0.1, 0.15) is 77.1 Å². The lowest BCUT2D eigenvalue weighted by molar-refractivity contribution is 0.0922. The molecule has 0 aliphatic rings. The smallest absolute Gasteiger partial charge is 0.255 e. The molecule has 36 heavy (non-hydrogen) atoms. The molecular weight excluding hydrogens is 501 g/mol. The lowest BCUT2D eigenvalue weighted by Crippen LogP contribution is -2.50. The molecule has 0 aliphatic heterocycles. The van der Waals surface area contributed by atoms with E-state index >= 15 is 0 Å². The number of aliphatic hydroxyl groups excluding tert-OH is 1. The molecule has 0 aromatic heterocycles. The molecule has 0 bridgehead atoms. The highest BCUT2D eigenvalue weighted by Crippen LogP contribution is 2.21. The lowest BCUT2D eigenvalue weighted by Gasteiger charge is -2.32. The van der Waals surface area contributed by atoms with E-state index < -0.39 is 6.10 Å². The third kappa shape index (κ3) is 13.5. The molecule has 1 rings (SSSR count). The van der Waals surface area contributed by atoms with Crippen LogP contribution in [0.4, 0.5) is 0 Å². The number of nitrogens with one attached hydrogen (secondary N) is 2. The molecule has 1 amide bonds. The highest BCUT2D eigenvalue weighted by atomic mass is 35.5. The van der Waals surface area contributed by atoms with Crippen molar-refractivity contribution < 1.29 is 19.4 Å². The Labute approximate surface area is 231 Å².